The van der Waals surface area contributed by atoms with E-state index in [0.29, 0.717) is 5.76 Å². The Morgan fingerprint density at radius 1 is 1.25 bits per heavy atom. The molecule has 0 spiro atoms. The normalized spacial score (nSPS) is 10.8. The molecule has 0 bridgehead atoms. The Balaban J connectivity index is 2.15. The van der Waals surface area contributed by atoms with Gasteiger partial charge in [-0.25, -0.2) is 0 Å². The van der Waals surface area contributed by atoms with Crippen molar-refractivity contribution >= 4 is 18.2 Å². The number of furan rings is 1. The standard InChI is InChI=1S/C11H9N2O3/c14-13(15)11-5-4-10(16-11)6-9-12-7-2-1-3-8-12/h1-9H/q+1/b9-6+. The molecule has 0 aromatic carbocycles. The predicted octanol–water partition coefficient (Wildman–Crippen LogP) is 2.10. The first-order chi connectivity index (χ1) is 7.75. The molecule has 0 aliphatic heterocycles. The number of pyridine rings is 1. The minimum atomic E-state index is -0.562. The molecule has 2 heterocycles. The summed E-state index contributed by atoms with van der Waals surface area (Å²) in [5.74, 6) is 0.195. The quantitative estimate of drug-likeness (QED) is 0.449. The van der Waals surface area contributed by atoms with Crippen molar-refractivity contribution in [3.8, 4) is 0 Å². The van der Waals surface area contributed by atoms with Crippen molar-refractivity contribution < 1.29 is 13.9 Å². The van der Waals surface area contributed by atoms with Crippen LogP contribution in [0.5, 0.6) is 0 Å². The summed E-state index contributed by atoms with van der Waals surface area (Å²) < 4.78 is 6.78. The lowest BCUT2D eigenvalue weighted by atomic mass is 10.4. The number of hydrogen-bond donors (Lipinski definition) is 0. The minimum Gasteiger partial charge on any atom is -0.401 e. The van der Waals surface area contributed by atoms with Gasteiger partial charge in [0.05, 0.1) is 6.07 Å². The molecule has 2 rings (SSSR count). The van der Waals surface area contributed by atoms with E-state index in [2.05, 4.69) is 0 Å². The Kier molecular flexibility index (Phi) is 2.77. The topological polar surface area (TPSA) is 60.2 Å². The number of aromatic nitrogens is 1. The van der Waals surface area contributed by atoms with Gasteiger partial charge >= 0.3 is 5.88 Å². The number of nitro groups is 1. The fraction of sp³-hybridized carbons (Fsp3) is 0. The van der Waals surface area contributed by atoms with E-state index in [-0.39, 0.29) is 5.88 Å². The van der Waals surface area contributed by atoms with Gasteiger partial charge in [-0.15, -0.1) is 0 Å². The van der Waals surface area contributed by atoms with Crippen LogP contribution in [0.3, 0.4) is 0 Å². The summed E-state index contributed by atoms with van der Waals surface area (Å²) in [6, 6.07) is 8.55. The third-order valence-electron chi connectivity index (χ3n) is 1.94. The summed E-state index contributed by atoms with van der Waals surface area (Å²) in [5, 5.41) is 10.4. The molecule has 2 aromatic heterocycles. The third kappa shape index (κ3) is 2.33. The maximum absolute atomic E-state index is 10.4. The lowest BCUT2D eigenvalue weighted by Crippen LogP contribution is -2.23. The lowest BCUT2D eigenvalue weighted by molar-refractivity contribution is -0.567. The van der Waals surface area contributed by atoms with Crippen molar-refractivity contribution in [1.29, 1.82) is 0 Å². The van der Waals surface area contributed by atoms with Gasteiger partial charge in [0.15, 0.2) is 18.6 Å². The van der Waals surface area contributed by atoms with Crippen LogP contribution in [0.4, 0.5) is 5.88 Å². The van der Waals surface area contributed by atoms with Crippen LogP contribution in [0, 0.1) is 10.1 Å². The minimum absolute atomic E-state index is 0.252. The number of rotatable bonds is 3. The smallest absolute Gasteiger partial charge is 0.401 e. The first-order valence-corrected chi connectivity index (χ1v) is 4.64. The molecule has 0 unspecified atom stereocenters. The van der Waals surface area contributed by atoms with Gasteiger partial charge in [0, 0.05) is 18.2 Å². The highest BCUT2D eigenvalue weighted by molar-refractivity contribution is 5.52. The average molecular weight is 217 g/mol. The summed E-state index contributed by atoms with van der Waals surface area (Å²) in [5.41, 5.74) is 0. The van der Waals surface area contributed by atoms with Gasteiger partial charge in [-0.2, -0.15) is 4.57 Å². The monoisotopic (exact) mass is 217 g/mol. The second-order valence-corrected chi connectivity index (χ2v) is 3.07. The maximum atomic E-state index is 10.4. The second kappa shape index (κ2) is 4.39. The van der Waals surface area contributed by atoms with Gasteiger partial charge in [-0.3, -0.25) is 10.1 Å². The van der Waals surface area contributed by atoms with Gasteiger partial charge in [0.1, 0.15) is 10.7 Å². The molecule has 0 atom stereocenters. The van der Waals surface area contributed by atoms with Crippen LogP contribution >= 0.6 is 0 Å². The Bertz CT molecular complexity index is 517. The summed E-state index contributed by atoms with van der Waals surface area (Å²) in [4.78, 5) is 9.81. The predicted molar refractivity (Wildman–Crippen MR) is 57.2 cm³/mol. The fourth-order valence-electron chi connectivity index (χ4n) is 1.20. The molecule has 5 heteroatoms. The highest BCUT2D eigenvalue weighted by Crippen LogP contribution is 2.16. The Morgan fingerprint density at radius 2 is 2.00 bits per heavy atom. The van der Waals surface area contributed by atoms with Crippen molar-refractivity contribution in [3.63, 3.8) is 0 Å². The largest absolute Gasteiger partial charge is 0.433 e. The average Bonchev–Trinajstić information content (AvgIpc) is 2.76. The summed E-state index contributed by atoms with van der Waals surface area (Å²) >= 11 is 0. The van der Waals surface area contributed by atoms with Crippen LogP contribution < -0.4 is 4.57 Å². The van der Waals surface area contributed by atoms with E-state index in [9.17, 15) is 10.1 Å². The SMILES string of the molecule is O=[N+]([O-])c1ccc(/C=C/[n+]2ccccc2)o1. The van der Waals surface area contributed by atoms with Crippen molar-refractivity contribution in [2.75, 3.05) is 0 Å². The molecule has 0 saturated carbocycles. The van der Waals surface area contributed by atoms with Crippen LogP contribution in [0.1, 0.15) is 5.76 Å². The lowest BCUT2D eigenvalue weighted by Gasteiger charge is -1.84. The highest BCUT2D eigenvalue weighted by Gasteiger charge is 2.10. The molecule has 0 radical (unpaired) electrons. The van der Waals surface area contributed by atoms with Crippen LogP contribution in [0.2, 0.25) is 0 Å². The van der Waals surface area contributed by atoms with Crippen LogP contribution in [-0.2, 0) is 0 Å². The van der Waals surface area contributed by atoms with Crippen molar-refractivity contribution in [1.82, 2.24) is 0 Å². The van der Waals surface area contributed by atoms with E-state index >= 15 is 0 Å². The van der Waals surface area contributed by atoms with E-state index in [1.807, 2.05) is 35.2 Å². The van der Waals surface area contributed by atoms with Crippen molar-refractivity contribution in [2.24, 2.45) is 0 Å². The van der Waals surface area contributed by atoms with E-state index in [4.69, 9.17) is 4.42 Å². The summed E-state index contributed by atoms with van der Waals surface area (Å²) in [7, 11) is 0. The molecular weight excluding hydrogens is 208 g/mol. The molecule has 0 aliphatic carbocycles. The summed E-state index contributed by atoms with van der Waals surface area (Å²) in [6.45, 7) is 0. The van der Waals surface area contributed by atoms with E-state index in [1.54, 1.807) is 18.3 Å². The zero-order valence-corrected chi connectivity index (χ0v) is 8.32. The molecule has 0 N–H and O–H groups in total. The molecule has 0 saturated heterocycles. The number of hydrogen-bond acceptors (Lipinski definition) is 3. The molecular formula is C11H9N2O3+. The number of nitrogens with zero attached hydrogens (tertiary/aromatic N) is 2. The molecule has 0 amide bonds. The molecule has 80 valence electrons. The van der Waals surface area contributed by atoms with Gasteiger partial charge in [-0.05, 0) is 6.07 Å². The van der Waals surface area contributed by atoms with Gasteiger partial charge in [-0.1, -0.05) is 6.07 Å². The van der Waals surface area contributed by atoms with Crippen molar-refractivity contribution in [2.45, 2.75) is 0 Å². The van der Waals surface area contributed by atoms with E-state index in [0.717, 1.165) is 0 Å². The Labute approximate surface area is 91.4 Å². The van der Waals surface area contributed by atoms with Gasteiger partial charge in [0.2, 0.25) is 0 Å². The van der Waals surface area contributed by atoms with Crippen LogP contribution in [-0.4, -0.2) is 4.92 Å². The zero-order chi connectivity index (χ0) is 11.4. The first kappa shape index (κ1) is 10.1. The van der Waals surface area contributed by atoms with E-state index < -0.39 is 4.92 Å². The molecule has 5 nitrogen and oxygen atoms in total. The first-order valence-electron chi connectivity index (χ1n) is 4.64. The Hall–Kier alpha value is -2.43. The van der Waals surface area contributed by atoms with E-state index in [1.165, 1.54) is 6.07 Å². The molecule has 0 aliphatic rings. The van der Waals surface area contributed by atoms with Crippen LogP contribution in [0.15, 0.2) is 47.1 Å². The Morgan fingerprint density at radius 3 is 2.62 bits per heavy atom. The second-order valence-electron chi connectivity index (χ2n) is 3.07. The van der Waals surface area contributed by atoms with Crippen LogP contribution in [0.25, 0.3) is 12.3 Å². The van der Waals surface area contributed by atoms with Crippen molar-refractivity contribution in [3.05, 3.63) is 58.6 Å². The third-order valence-corrected chi connectivity index (χ3v) is 1.94. The van der Waals surface area contributed by atoms with Gasteiger partial charge < -0.3 is 4.42 Å². The molecule has 2 aromatic rings. The maximum Gasteiger partial charge on any atom is 0.433 e. The van der Waals surface area contributed by atoms with Gasteiger partial charge in [0.25, 0.3) is 0 Å². The zero-order valence-electron chi connectivity index (χ0n) is 8.32. The fourth-order valence-corrected chi connectivity index (χ4v) is 1.20. The highest BCUT2D eigenvalue weighted by atomic mass is 16.6. The molecule has 0 fully saturated rings. The summed E-state index contributed by atoms with van der Waals surface area (Å²) in [6.07, 6.45) is 7.12. The molecule has 16 heavy (non-hydrogen) atoms.